The van der Waals surface area contributed by atoms with Crippen molar-refractivity contribution in [2.45, 2.75) is 6.92 Å². The van der Waals surface area contributed by atoms with Gasteiger partial charge in [-0.25, -0.2) is 14.0 Å². The molecule has 1 aliphatic rings. The number of benzene rings is 1. The third-order valence-corrected chi connectivity index (χ3v) is 1.92. The molecule has 1 heterocycles. The molecule has 0 saturated heterocycles. The lowest BCUT2D eigenvalue weighted by Gasteiger charge is -1.96. The lowest BCUT2D eigenvalue weighted by molar-refractivity contribution is 0.0443. The van der Waals surface area contributed by atoms with Gasteiger partial charge in [0.05, 0.1) is 11.1 Å². The maximum atomic E-state index is 13.0. The zero-order valence-corrected chi connectivity index (χ0v) is 6.76. The summed E-state index contributed by atoms with van der Waals surface area (Å²) >= 11 is 0. The zero-order valence-electron chi connectivity index (χ0n) is 6.76. The van der Waals surface area contributed by atoms with E-state index in [0.717, 1.165) is 6.07 Å². The van der Waals surface area contributed by atoms with Crippen LogP contribution < -0.4 is 0 Å². The summed E-state index contributed by atoms with van der Waals surface area (Å²) in [6.45, 7) is 1.52. The third kappa shape index (κ3) is 1.02. The fourth-order valence-corrected chi connectivity index (χ4v) is 1.21. The third-order valence-electron chi connectivity index (χ3n) is 1.92. The van der Waals surface area contributed by atoms with Crippen molar-refractivity contribution >= 4 is 11.9 Å². The van der Waals surface area contributed by atoms with Crippen LogP contribution in [0.3, 0.4) is 0 Å². The maximum absolute atomic E-state index is 13.0. The van der Waals surface area contributed by atoms with Gasteiger partial charge in [0.15, 0.2) is 0 Å². The fraction of sp³-hybridized carbons (Fsp3) is 0.111. The van der Waals surface area contributed by atoms with Crippen molar-refractivity contribution < 1.29 is 18.7 Å². The minimum absolute atomic E-state index is 0.00750. The number of esters is 2. The number of hydrogen-bond donors (Lipinski definition) is 0. The van der Waals surface area contributed by atoms with E-state index in [1.54, 1.807) is 0 Å². The molecule has 0 aliphatic carbocycles. The number of rotatable bonds is 0. The number of halogens is 1. The highest BCUT2D eigenvalue weighted by atomic mass is 19.1. The molecule has 0 spiro atoms. The van der Waals surface area contributed by atoms with Gasteiger partial charge in [-0.15, -0.1) is 0 Å². The summed E-state index contributed by atoms with van der Waals surface area (Å²) < 4.78 is 17.3. The van der Waals surface area contributed by atoms with Crippen molar-refractivity contribution in [2.24, 2.45) is 0 Å². The normalized spacial score (nSPS) is 14.3. The molecule has 0 amide bonds. The lowest BCUT2D eigenvalue weighted by atomic mass is 10.1. The molecule has 0 saturated carbocycles. The molecule has 1 aliphatic heterocycles. The average Bonchev–Trinajstić information content (AvgIpc) is 2.31. The number of cyclic esters (lactones) is 2. The SMILES string of the molecule is Cc1cc2c(cc1F)C(=O)OC2=O. The van der Waals surface area contributed by atoms with Gasteiger partial charge in [0.25, 0.3) is 0 Å². The Hall–Kier alpha value is -1.71. The molecule has 0 N–H and O–H groups in total. The van der Waals surface area contributed by atoms with E-state index in [0.29, 0.717) is 5.56 Å². The van der Waals surface area contributed by atoms with Crippen LogP contribution >= 0.6 is 0 Å². The quantitative estimate of drug-likeness (QED) is 0.448. The molecule has 0 aromatic heterocycles. The molecule has 3 nitrogen and oxygen atoms in total. The van der Waals surface area contributed by atoms with Crippen LogP contribution in [0, 0.1) is 12.7 Å². The maximum Gasteiger partial charge on any atom is 0.347 e. The molecule has 0 unspecified atom stereocenters. The summed E-state index contributed by atoms with van der Waals surface area (Å²) in [6, 6.07) is 2.34. The first-order valence-corrected chi connectivity index (χ1v) is 3.66. The van der Waals surface area contributed by atoms with Crippen LogP contribution in [0.1, 0.15) is 26.3 Å². The van der Waals surface area contributed by atoms with Crippen LogP contribution in [0.15, 0.2) is 12.1 Å². The largest absolute Gasteiger partial charge is 0.386 e. The van der Waals surface area contributed by atoms with Gasteiger partial charge in [0.2, 0.25) is 0 Å². The number of carbonyl (C=O) groups is 2. The van der Waals surface area contributed by atoms with Gasteiger partial charge >= 0.3 is 11.9 Å². The summed E-state index contributed by atoms with van der Waals surface area (Å²) in [7, 11) is 0. The Morgan fingerprint density at radius 3 is 2.31 bits per heavy atom. The van der Waals surface area contributed by atoms with E-state index < -0.39 is 17.8 Å². The predicted octanol–water partition coefficient (Wildman–Crippen LogP) is 1.44. The van der Waals surface area contributed by atoms with Gasteiger partial charge in [-0.2, -0.15) is 0 Å². The van der Waals surface area contributed by atoms with Crippen molar-refractivity contribution in [1.29, 1.82) is 0 Å². The van der Waals surface area contributed by atoms with Crippen LogP contribution in [-0.4, -0.2) is 11.9 Å². The van der Waals surface area contributed by atoms with E-state index in [1.165, 1.54) is 13.0 Å². The molecule has 0 fully saturated rings. The molecule has 0 bridgehead atoms. The van der Waals surface area contributed by atoms with E-state index in [2.05, 4.69) is 4.74 Å². The molecular weight excluding hydrogens is 175 g/mol. The highest BCUT2D eigenvalue weighted by molar-refractivity contribution is 6.14. The van der Waals surface area contributed by atoms with Gasteiger partial charge in [0, 0.05) is 0 Å². The van der Waals surface area contributed by atoms with E-state index in [-0.39, 0.29) is 11.1 Å². The van der Waals surface area contributed by atoms with Gasteiger partial charge in [0.1, 0.15) is 5.82 Å². The molecule has 0 atom stereocenters. The van der Waals surface area contributed by atoms with Crippen LogP contribution in [-0.2, 0) is 4.74 Å². The minimum atomic E-state index is -0.779. The Balaban J connectivity index is 2.72. The zero-order chi connectivity index (χ0) is 9.59. The van der Waals surface area contributed by atoms with Crippen LogP contribution in [0.4, 0.5) is 4.39 Å². The molecule has 13 heavy (non-hydrogen) atoms. The second-order valence-electron chi connectivity index (χ2n) is 2.82. The van der Waals surface area contributed by atoms with Gasteiger partial charge in [-0.3, -0.25) is 0 Å². The predicted molar refractivity (Wildman–Crippen MR) is 40.9 cm³/mol. The van der Waals surface area contributed by atoms with Crippen molar-refractivity contribution in [3.05, 3.63) is 34.6 Å². The highest BCUT2D eigenvalue weighted by Gasteiger charge is 2.30. The second kappa shape index (κ2) is 2.39. The van der Waals surface area contributed by atoms with Crippen molar-refractivity contribution in [1.82, 2.24) is 0 Å². The fourth-order valence-electron chi connectivity index (χ4n) is 1.21. The highest BCUT2D eigenvalue weighted by Crippen LogP contribution is 2.22. The first kappa shape index (κ1) is 7.91. The number of hydrogen-bond acceptors (Lipinski definition) is 3. The topological polar surface area (TPSA) is 43.4 Å². The van der Waals surface area contributed by atoms with Crippen LogP contribution in [0.25, 0.3) is 0 Å². The standard InChI is InChI=1S/C9H5FO3/c1-4-2-5-6(3-7(4)10)9(12)13-8(5)11/h2-3H,1H3. The average molecular weight is 180 g/mol. The summed E-state index contributed by atoms with van der Waals surface area (Å²) in [4.78, 5) is 21.9. The summed E-state index contributed by atoms with van der Waals surface area (Å²) in [5.41, 5.74) is 0.474. The molecule has 1 aromatic rings. The van der Waals surface area contributed by atoms with Crippen molar-refractivity contribution in [2.75, 3.05) is 0 Å². The molecule has 66 valence electrons. The molecule has 2 rings (SSSR count). The molecule has 4 heteroatoms. The number of fused-ring (bicyclic) bond motifs is 1. The Kier molecular flexibility index (Phi) is 1.45. The van der Waals surface area contributed by atoms with Gasteiger partial charge < -0.3 is 4.74 Å². The lowest BCUT2D eigenvalue weighted by Crippen LogP contribution is -1.96. The number of aryl methyl sites for hydroxylation is 1. The van der Waals surface area contributed by atoms with E-state index >= 15 is 0 Å². The number of carbonyl (C=O) groups excluding carboxylic acids is 2. The monoisotopic (exact) mass is 180 g/mol. The van der Waals surface area contributed by atoms with Crippen molar-refractivity contribution in [3.8, 4) is 0 Å². The first-order valence-electron chi connectivity index (χ1n) is 3.66. The number of ether oxygens (including phenoxy) is 1. The Morgan fingerprint density at radius 2 is 1.69 bits per heavy atom. The van der Waals surface area contributed by atoms with E-state index in [9.17, 15) is 14.0 Å². The summed E-state index contributed by atoms with van der Waals surface area (Å²) in [5.74, 6) is -1.99. The second-order valence-corrected chi connectivity index (χ2v) is 2.82. The van der Waals surface area contributed by atoms with Gasteiger partial charge in [-0.05, 0) is 24.6 Å². The van der Waals surface area contributed by atoms with E-state index in [1.807, 2.05) is 0 Å². The molecule has 1 aromatic carbocycles. The van der Waals surface area contributed by atoms with Crippen molar-refractivity contribution in [3.63, 3.8) is 0 Å². The Bertz CT molecular complexity index is 384. The minimum Gasteiger partial charge on any atom is -0.386 e. The van der Waals surface area contributed by atoms with E-state index in [4.69, 9.17) is 0 Å². The molecular formula is C9H5FO3. The van der Waals surface area contributed by atoms with Crippen LogP contribution in [0.5, 0.6) is 0 Å². The Morgan fingerprint density at radius 1 is 1.15 bits per heavy atom. The van der Waals surface area contributed by atoms with Crippen LogP contribution in [0.2, 0.25) is 0 Å². The van der Waals surface area contributed by atoms with Gasteiger partial charge in [-0.1, -0.05) is 0 Å². The Labute approximate surface area is 73.1 Å². The first-order chi connectivity index (χ1) is 6.09. The smallest absolute Gasteiger partial charge is 0.347 e. The molecule has 0 radical (unpaired) electrons. The summed E-state index contributed by atoms with van der Waals surface area (Å²) in [6.07, 6.45) is 0. The summed E-state index contributed by atoms with van der Waals surface area (Å²) in [5, 5.41) is 0.